The molecule has 5 heteroatoms. The Morgan fingerprint density at radius 2 is 2.31 bits per heavy atom. The smallest absolute Gasteiger partial charge is 0.408 e. The van der Waals surface area contributed by atoms with Crippen molar-refractivity contribution >= 4 is 11.1 Å². The zero-order chi connectivity index (χ0) is 11.4. The van der Waals surface area contributed by atoms with Gasteiger partial charge in [0.05, 0.1) is 5.52 Å². The highest BCUT2D eigenvalue weighted by molar-refractivity contribution is 5.72. The second-order valence-electron chi connectivity index (χ2n) is 3.60. The highest BCUT2D eigenvalue weighted by Gasteiger charge is 2.01. The molecule has 0 aliphatic heterocycles. The van der Waals surface area contributed by atoms with Gasteiger partial charge in [-0.15, -0.1) is 0 Å². The Kier molecular flexibility index (Phi) is 3.38. The summed E-state index contributed by atoms with van der Waals surface area (Å²) in [4.78, 5) is 13.5. The van der Waals surface area contributed by atoms with Crippen LogP contribution in [-0.4, -0.2) is 23.2 Å². The Morgan fingerprint density at radius 1 is 1.44 bits per heavy atom. The topological polar surface area (TPSA) is 78.3 Å². The molecule has 0 aliphatic carbocycles. The molecule has 1 aromatic heterocycles. The largest absolute Gasteiger partial charge is 0.417 e. The minimum atomic E-state index is -0.430. The fraction of sp³-hybridized carbons (Fsp3) is 0.364. The lowest BCUT2D eigenvalue weighted by atomic mass is 10.2. The number of aromatic nitrogens is 1. The van der Waals surface area contributed by atoms with Crippen molar-refractivity contribution in [3.63, 3.8) is 0 Å². The van der Waals surface area contributed by atoms with Gasteiger partial charge in [0.15, 0.2) is 5.58 Å². The lowest BCUT2D eigenvalue weighted by Crippen LogP contribution is -2.15. The number of benzene rings is 1. The molecule has 3 N–H and O–H groups in total. The molecule has 0 unspecified atom stereocenters. The van der Waals surface area contributed by atoms with E-state index in [-0.39, 0.29) is 6.61 Å². The monoisotopic (exact) mass is 222 g/mol. The van der Waals surface area contributed by atoms with Crippen molar-refractivity contribution in [1.82, 2.24) is 10.3 Å². The molecule has 0 atom stereocenters. The molecule has 0 bridgehead atoms. The number of aliphatic hydroxyl groups excluding tert-OH is 1. The highest BCUT2D eigenvalue weighted by Crippen LogP contribution is 2.11. The van der Waals surface area contributed by atoms with Gasteiger partial charge in [-0.05, 0) is 30.7 Å². The van der Waals surface area contributed by atoms with Crippen LogP contribution in [0.1, 0.15) is 12.0 Å². The second-order valence-corrected chi connectivity index (χ2v) is 3.60. The maximum Gasteiger partial charge on any atom is 0.417 e. The minimum Gasteiger partial charge on any atom is -0.408 e. The first-order valence-electron chi connectivity index (χ1n) is 5.23. The van der Waals surface area contributed by atoms with Gasteiger partial charge in [0.1, 0.15) is 0 Å². The molecule has 0 aliphatic rings. The van der Waals surface area contributed by atoms with Gasteiger partial charge in [-0.1, -0.05) is 6.07 Å². The molecule has 5 nitrogen and oxygen atoms in total. The van der Waals surface area contributed by atoms with Crippen LogP contribution in [0.2, 0.25) is 0 Å². The minimum absolute atomic E-state index is 0.193. The molecule has 2 aromatic rings. The first-order valence-corrected chi connectivity index (χ1v) is 5.23. The Balaban J connectivity index is 2.04. The van der Waals surface area contributed by atoms with Crippen molar-refractivity contribution in [1.29, 1.82) is 0 Å². The molecule has 1 aromatic carbocycles. The van der Waals surface area contributed by atoms with Gasteiger partial charge < -0.3 is 14.8 Å². The number of oxazole rings is 1. The third-order valence-corrected chi connectivity index (χ3v) is 2.33. The fourth-order valence-corrected chi connectivity index (χ4v) is 1.54. The fourth-order valence-electron chi connectivity index (χ4n) is 1.54. The van der Waals surface area contributed by atoms with Gasteiger partial charge in [-0.2, -0.15) is 0 Å². The van der Waals surface area contributed by atoms with Crippen molar-refractivity contribution in [3.05, 3.63) is 34.3 Å². The molecule has 0 saturated carbocycles. The molecule has 2 rings (SSSR count). The van der Waals surface area contributed by atoms with Gasteiger partial charge in [0.25, 0.3) is 0 Å². The van der Waals surface area contributed by atoms with E-state index < -0.39 is 5.76 Å². The Bertz CT molecular complexity index is 515. The number of nitrogens with one attached hydrogen (secondary N) is 2. The third-order valence-electron chi connectivity index (χ3n) is 2.33. The first-order chi connectivity index (χ1) is 7.79. The molecular weight excluding hydrogens is 208 g/mol. The maximum absolute atomic E-state index is 10.9. The molecular formula is C11H14N2O3. The Morgan fingerprint density at radius 3 is 3.12 bits per heavy atom. The van der Waals surface area contributed by atoms with E-state index in [1.165, 1.54) is 0 Å². The van der Waals surface area contributed by atoms with E-state index in [2.05, 4.69) is 10.3 Å². The van der Waals surface area contributed by atoms with Crippen molar-refractivity contribution in [2.75, 3.05) is 13.2 Å². The number of rotatable bonds is 5. The van der Waals surface area contributed by atoms with Gasteiger partial charge >= 0.3 is 5.76 Å². The van der Waals surface area contributed by atoms with E-state index >= 15 is 0 Å². The zero-order valence-electron chi connectivity index (χ0n) is 8.82. The predicted molar refractivity (Wildman–Crippen MR) is 60.2 cm³/mol. The van der Waals surface area contributed by atoms with Crippen LogP contribution < -0.4 is 11.1 Å². The van der Waals surface area contributed by atoms with Crippen molar-refractivity contribution in [2.24, 2.45) is 0 Å². The third kappa shape index (κ3) is 2.50. The summed E-state index contributed by atoms with van der Waals surface area (Å²) in [5, 5.41) is 11.8. The number of aliphatic hydroxyl groups is 1. The van der Waals surface area contributed by atoms with Crippen LogP contribution >= 0.6 is 0 Å². The summed E-state index contributed by atoms with van der Waals surface area (Å²) in [6, 6.07) is 5.59. The molecule has 0 amide bonds. The zero-order valence-corrected chi connectivity index (χ0v) is 8.82. The van der Waals surface area contributed by atoms with Crippen LogP contribution in [0, 0.1) is 0 Å². The summed E-state index contributed by atoms with van der Waals surface area (Å²) in [6.07, 6.45) is 0.738. The van der Waals surface area contributed by atoms with E-state index in [0.29, 0.717) is 17.6 Å². The van der Waals surface area contributed by atoms with Crippen molar-refractivity contribution < 1.29 is 9.52 Å². The van der Waals surface area contributed by atoms with Crippen LogP contribution in [-0.2, 0) is 6.54 Å². The summed E-state index contributed by atoms with van der Waals surface area (Å²) >= 11 is 0. The lowest BCUT2D eigenvalue weighted by molar-refractivity contribution is 0.286. The summed E-state index contributed by atoms with van der Waals surface area (Å²) < 4.78 is 4.96. The molecule has 0 radical (unpaired) electrons. The van der Waals surface area contributed by atoms with E-state index in [4.69, 9.17) is 9.52 Å². The van der Waals surface area contributed by atoms with Crippen LogP contribution in [0.15, 0.2) is 27.4 Å². The number of hydrogen-bond donors (Lipinski definition) is 3. The summed E-state index contributed by atoms with van der Waals surface area (Å²) in [6.45, 7) is 1.66. The first kappa shape index (κ1) is 10.9. The van der Waals surface area contributed by atoms with Crippen LogP contribution in [0.25, 0.3) is 11.1 Å². The summed E-state index contributed by atoms with van der Waals surface area (Å²) in [7, 11) is 0. The average Bonchev–Trinajstić information content (AvgIpc) is 2.64. The highest BCUT2D eigenvalue weighted by atomic mass is 16.4. The molecule has 1 heterocycles. The molecule has 86 valence electrons. The summed E-state index contributed by atoms with van der Waals surface area (Å²) in [5.74, 6) is -0.430. The Labute approximate surface area is 92.1 Å². The normalized spacial score (nSPS) is 11.1. The van der Waals surface area contributed by atoms with Gasteiger partial charge in [-0.3, -0.25) is 4.98 Å². The predicted octanol–water partition coefficient (Wildman–Crippen LogP) is 0.593. The van der Waals surface area contributed by atoms with Crippen LogP contribution in [0.4, 0.5) is 0 Å². The SMILES string of the molecule is O=c1[nH]c2ccc(CNCCCO)cc2o1. The van der Waals surface area contributed by atoms with E-state index in [1.54, 1.807) is 0 Å². The van der Waals surface area contributed by atoms with Crippen LogP contribution in [0.5, 0.6) is 0 Å². The average molecular weight is 222 g/mol. The number of hydrogen-bond acceptors (Lipinski definition) is 4. The molecule has 0 saturated heterocycles. The maximum atomic E-state index is 10.9. The number of H-pyrrole nitrogens is 1. The Hall–Kier alpha value is -1.59. The molecule has 0 fully saturated rings. The van der Waals surface area contributed by atoms with Gasteiger partial charge in [0.2, 0.25) is 0 Å². The van der Waals surface area contributed by atoms with E-state index in [9.17, 15) is 4.79 Å². The number of fused-ring (bicyclic) bond motifs is 1. The molecule has 0 spiro atoms. The van der Waals surface area contributed by atoms with E-state index in [0.717, 1.165) is 18.5 Å². The molecule has 16 heavy (non-hydrogen) atoms. The van der Waals surface area contributed by atoms with Crippen molar-refractivity contribution in [3.8, 4) is 0 Å². The lowest BCUT2D eigenvalue weighted by Gasteiger charge is -2.03. The van der Waals surface area contributed by atoms with Crippen molar-refractivity contribution in [2.45, 2.75) is 13.0 Å². The summed E-state index contributed by atoms with van der Waals surface area (Å²) in [5.41, 5.74) is 2.34. The second kappa shape index (κ2) is 4.96. The van der Waals surface area contributed by atoms with E-state index in [1.807, 2.05) is 18.2 Å². The standard InChI is InChI=1S/C11H14N2O3/c14-5-1-4-12-7-8-2-3-9-10(6-8)16-11(15)13-9/h2-3,6,12,14H,1,4-5,7H2,(H,13,15). The quantitative estimate of drug-likeness (QED) is 0.647. The van der Waals surface area contributed by atoms with Gasteiger partial charge in [0, 0.05) is 13.2 Å². The van der Waals surface area contributed by atoms with Gasteiger partial charge in [-0.25, -0.2) is 4.79 Å². The number of aromatic amines is 1. The van der Waals surface area contributed by atoms with Crippen LogP contribution in [0.3, 0.4) is 0 Å².